The molecule has 3 aromatic carbocycles. The third kappa shape index (κ3) is 2.79. The average molecular weight is 406 g/mol. The van der Waals surface area contributed by atoms with Gasteiger partial charge in [-0.1, -0.05) is 91.0 Å². The molecule has 0 fully saturated rings. The quantitative estimate of drug-likeness (QED) is 0.413. The normalized spacial score (nSPS) is 18.1. The summed E-state index contributed by atoms with van der Waals surface area (Å²) in [6.07, 6.45) is -4.62. The second-order valence-corrected chi connectivity index (χ2v) is 7.20. The summed E-state index contributed by atoms with van der Waals surface area (Å²) in [7, 11) is 0. The molecule has 0 unspecified atom stereocenters. The summed E-state index contributed by atoms with van der Waals surface area (Å²) in [6.45, 7) is -0.403. The molecule has 0 saturated heterocycles. The standard InChI is InChI=1S/C24H17F3N2O/c25-24(26,27)23(19-14-8-3-9-15-19)16-29-21(18-12-6-2-7-13-18)20(28-22(29)30-23)17-10-4-1-5-11-17/h1-15H,16H2/t23-/m0/s1. The Hall–Kier alpha value is -3.54. The summed E-state index contributed by atoms with van der Waals surface area (Å²) < 4.78 is 50.2. The molecule has 2 heterocycles. The van der Waals surface area contributed by atoms with Crippen molar-refractivity contribution < 1.29 is 17.9 Å². The average Bonchev–Trinajstić information content (AvgIpc) is 3.31. The smallest absolute Gasteiger partial charge is 0.434 e. The van der Waals surface area contributed by atoms with Crippen LogP contribution in [0.4, 0.5) is 13.2 Å². The van der Waals surface area contributed by atoms with Gasteiger partial charge in [-0.15, -0.1) is 0 Å². The molecule has 1 aliphatic heterocycles. The van der Waals surface area contributed by atoms with Crippen LogP contribution in [0.25, 0.3) is 22.5 Å². The number of imidazole rings is 1. The monoisotopic (exact) mass is 406 g/mol. The van der Waals surface area contributed by atoms with Crippen LogP contribution in [0.15, 0.2) is 91.0 Å². The van der Waals surface area contributed by atoms with Gasteiger partial charge in [0.2, 0.25) is 5.60 Å². The van der Waals surface area contributed by atoms with E-state index in [1.165, 1.54) is 16.7 Å². The van der Waals surface area contributed by atoms with Gasteiger partial charge in [0.1, 0.15) is 5.69 Å². The van der Waals surface area contributed by atoms with E-state index in [9.17, 15) is 13.2 Å². The highest BCUT2D eigenvalue weighted by molar-refractivity contribution is 5.80. The van der Waals surface area contributed by atoms with Crippen LogP contribution in [-0.2, 0) is 12.1 Å². The van der Waals surface area contributed by atoms with Gasteiger partial charge in [0, 0.05) is 16.7 Å². The van der Waals surface area contributed by atoms with E-state index < -0.39 is 18.3 Å². The van der Waals surface area contributed by atoms with E-state index in [2.05, 4.69) is 4.98 Å². The molecule has 0 aliphatic carbocycles. The molecular weight excluding hydrogens is 389 g/mol. The number of nitrogens with zero attached hydrogens (tertiary/aromatic N) is 2. The molecule has 0 radical (unpaired) electrons. The number of halogens is 3. The van der Waals surface area contributed by atoms with Gasteiger partial charge in [-0.3, -0.25) is 4.57 Å². The zero-order valence-electron chi connectivity index (χ0n) is 15.8. The molecule has 150 valence electrons. The number of hydrogen-bond donors (Lipinski definition) is 0. The predicted molar refractivity (Wildman–Crippen MR) is 108 cm³/mol. The minimum absolute atomic E-state index is 0.0334. The number of benzene rings is 3. The summed E-state index contributed by atoms with van der Waals surface area (Å²) in [5, 5.41) is 0. The van der Waals surface area contributed by atoms with E-state index in [0.717, 1.165) is 11.1 Å². The number of alkyl halides is 3. The molecule has 5 rings (SSSR count). The van der Waals surface area contributed by atoms with Crippen molar-refractivity contribution in [1.29, 1.82) is 0 Å². The molecule has 3 nitrogen and oxygen atoms in total. The van der Waals surface area contributed by atoms with Gasteiger partial charge in [0.15, 0.2) is 0 Å². The first-order valence-corrected chi connectivity index (χ1v) is 9.52. The van der Waals surface area contributed by atoms with E-state index in [4.69, 9.17) is 4.74 Å². The lowest BCUT2D eigenvalue weighted by atomic mass is 9.92. The van der Waals surface area contributed by atoms with Crippen molar-refractivity contribution >= 4 is 0 Å². The Morgan fingerprint density at radius 3 is 1.87 bits per heavy atom. The number of ether oxygens (including phenoxy) is 1. The molecule has 4 aromatic rings. The molecule has 0 amide bonds. The van der Waals surface area contributed by atoms with Crippen molar-refractivity contribution in [1.82, 2.24) is 9.55 Å². The largest absolute Gasteiger partial charge is 0.441 e. The van der Waals surface area contributed by atoms with Gasteiger partial charge >= 0.3 is 6.18 Å². The molecule has 0 bridgehead atoms. The van der Waals surface area contributed by atoms with E-state index in [1.807, 2.05) is 60.7 Å². The summed E-state index contributed by atoms with van der Waals surface area (Å²) in [4.78, 5) is 4.51. The highest BCUT2D eigenvalue weighted by Gasteiger charge is 2.63. The molecule has 0 saturated carbocycles. The molecule has 0 N–H and O–H groups in total. The molecule has 1 aliphatic rings. The number of hydrogen-bond acceptors (Lipinski definition) is 2. The number of aromatic nitrogens is 2. The summed E-state index contributed by atoms with van der Waals surface area (Å²) in [6, 6.07) is 26.4. The fraction of sp³-hybridized carbons (Fsp3) is 0.125. The first kappa shape index (κ1) is 18.5. The summed E-state index contributed by atoms with van der Waals surface area (Å²) >= 11 is 0. The van der Waals surface area contributed by atoms with Gasteiger partial charge in [-0.25, -0.2) is 0 Å². The minimum Gasteiger partial charge on any atom is -0.441 e. The Kier molecular flexibility index (Phi) is 4.17. The first-order chi connectivity index (χ1) is 14.5. The fourth-order valence-corrected chi connectivity index (χ4v) is 3.92. The summed E-state index contributed by atoms with van der Waals surface area (Å²) in [5.41, 5.74) is 0.390. The van der Waals surface area contributed by atoms with Gasteiger partial charge < -0.3 is 4.74 Å². The lowest BCUT2D eigenvalue weighted by Crippen LogP contribution is -2.47. The second-order valence-electron chi connectivity index (χ2n) is 7.20. The number of rotatable bonds is 3. The maximum absolute atomic E-state index is 14.3. The minimum atomic E-state index is -4.62. The van der Waals surface area contributed by atoms with E-state index in [1.54, 1.807) is 18.2 Å². The van der Waals surface area contributed by atoms with Crippen LogP contribution in [-0.4, -0.2) is 15.7 Å². The van der Waals surface area contributed by atoms with Crippen LogP contribution in [0.3, 0.4) is 0 Å². The van der Waals surface area contributed by atoms with Crippen LogP contribution in [0.1, 0.15) is 5.56 Å². The molecule has 0 spiro atoms. The van der Waals surface area contributed by atoms with Crippen LogP contribution in [0, 0.1) is 0 Å². The van der Waals surface area contributed by atoms with Crippen molar-refractivity contribution in [2.45, 2.75) is 18.3 Å². The van der Waals surface area contributed by atoms with Gasteiger partial charge in [-0.2, -0.15) is 18.2 Å². The van der Waals surface area contributed by atoms with Crippen molar-refractivity contribution in [3.05, 3.63) is 96.6 Å². The van der Waals surface area contributed by atoms with E-state index in [0.29, 0.717) is 11.4 Å². The van der Waals surface area contributed by atoms with Crippen molar-refractivity contribution in [2.75, 3.05) is 0 Å². The molecule has 30 heavy (non-hydrogen) atoms. The van der Waals surface area contributed by atoms with Gasteiger partial charge in [0.25, 0.3) is 6.01 Å². The van der Waals surface area contributed by atoms with Crippen molar-refractivity contribution in [3.63, 3.8) is 0 Å². The zero-order valence-corrected chi connectivity index (χ0v) is 15.8. The highest BCUT2D eigenvalue weighted by Crippen LogP contribution is 2.51. The maximum atomic E-state index is 14.3. The third-order valence-electron chi connectivity index (χ3n) is 5.37. The Morgan fingerprint density at radius 2 is 1.30 bits per heavy atom. The Labute approximate surface area is 171 Å². The number of fused-ring (bicyclic) bond motifs is 1. The van der Waals surface area contributed by atoms with Crippen LogP contribution < -0.4 is 4.74 Å². The third-order valence-corrected chi connectivity index (χ3v) is 5.37. The molecule has 1 atom stereocenters. The van der Waals surface area contributed by atoms with Gasteiger partial charge in [-0.05, 0) is 0 Å². The van der Waals surface area contributed by atoms with Crippen molar-refractivity contribution in [2.24, 2.45) is 0 Å². The fourth-order valence-electron chi connectivity index (χ4n) is 3.92. The molecule has 1 aromatic heterocycles. The molecular formula is C24H17F3N2O. The lowest BCUT2D eigenvalue weighted by Gasteiger charge is -2.30. The second kappa shape index (κ2) is 6.76. The van der Waals surface area contributed by atoms with E-state index in [-0.39, 0.29) is 11.6 Å². The summed E-state index contributed by atoms with van der Waals surface area (Å²) in [5.74, 6) is 0. The van der Waals surface area contributed by atoms with Crippen molar-refractivity contribution in [3.8, 4) is 28.5 Å². The lowest BCUT2D eigenvalue weighted by molar-refractivity contribution is -0.250. The maximum Gasteiger partial charge on any atom is 0.434 e. The Balaban J connectivity index is 1.71. The van der Waals surface area contributed by atoms with Gasteiger partial charge in [0.05, 0.1) is 12.2 Å². The van der Waals surface area contributed by atoms with Crippen LogP contribution >= 0.6 is 0 Å². The molecule has 6 heteroatoms. The topological polar surface area (TPSA) is 27.1 Å². The SMILES string of the molecule is FC(F)(F)[C@@]1(c2ccccc2)Cn2c(nc(-c3ccccc3)c2-c2ccccc2)O1. The predicted octanol–water partition coefficient (Wildman–Crippen LogP) is 6.07. The Bertz CT molecular complexity index is 1170. The first-order valence-electron chi connectivity index (χ1n) is 9.52. The zero-order chi connectivity index (χ0) is 20.8. The Morgan fingerprint density at radius 1 is 0.767 bits per heavy atom. The van der Waals surface area contributed by atoms with Crippen LogP contribution in [0.2, 0.25) is 0 Å². The highest BCUT2D eigenvalue weighted by atomic mass is 19.4. The van der Waals surface area contributed by atoms with Crippen LogP contribution in [0.5, 0.6) is 6.01 Å². The van der Waals surface area contributed by atoms with E-state index >= 15 is 0 Å².